The Bertz CT molecular complexity index is 552. The first-order valence-corrected chi connectivity index (χ1v) is 7.14. The molecular formula is C18H20O2. The van der Waals surface area contributed by atoms with E-state index in [0.717, 1.165) is 6.42 Å². The van der Waals surface area contributed by atoms with Gasteiger partial charge in [0.05, 0.1) is 6.61 Å². The highest BCUT2D eigenvalue weighted by Gasteiger charge is 2.54. The molecule has 104 valence electrons. The quantitative estimate of drug-likeness (QED) is 0.895. The van der Waals surface area contributed by atoms with Crippen molar-refractivity contribution in [2.75, 3.05) is 13.2 Å². The van der Waals surface area contributed by atoms with E-state index >= 15 is 0 Å². The first-order chi connectivity index (χ1) is 9.81. The topological polar surface area (TPSA) is 40.5 Å². The van der Waals surface area contributed by atoms with Crippen LogP contribution in [0.3, 0.4) is 0 Å². The summed E-state index contributed by atoms with van der Waals surface area (Å²) in [6.45, 7) is 0.293. The SMILES string of the molecule is OC[C@H]1C[C@](CO)(c2ccccc2)[C@@H]1c1ccccc1. The zero-order valence-electron chi connectivity index (χ0n) is 11.4. The highest BCUT2D eigenvalue weighted by atomic mass is 16.3. The van der Waals surface area contributed by atoms with Crippen LogP contribution in [-0.4, -0.2) is 23.4 Å². The molecule has 1 saturated carbocycles. The molecule has 0 aliphatic heterocycles. The first-order valence-electron chi connectivity index (χ1n) is 7.14. The molecule has 3 rings (SSSR count). The van der Waals surface area contributed by atoms with Crippen molar-refractivity contribution in [3.63, 3.8) is 0 Å². The van der Waals surface area contributed by atoms with Crippen molar-refractivity contribution in [1.82, 2.24) is 0 Å². The van der Waals surface area contributed by atoms with E-state index in [4.69, 9.17) is 0 Å². The van der Waals surface area contributed by atoms with Gasteiger partial charge in [0.1, 0.15) is 0 Å². The van der Waals surface area contributed by atoms with Gasteiger partial charge in [-0.25, -0.2) is 0 Å². The predicted molar refractivity (Wildman–Crippen MR) is 79.6 cm³/mol. The molecule has 0 aromatic heterocycles. The van der Waals surface area contributed by atoms with Crippen LogP contribution in [-0.2, 0) is 5.41 Å². The highest BCUT2D eigenvalue weighted by Crippen LogP contribution is 2.57. The fraction of sp³-hybridized carbons (Fsp3) is 0.333. The Balaban J connectivity index is 2.03. The lowest BCUT2D eigenvalue weighted by Crippen LogP contribution is -2.53. The number of aliphatic hydroxyl groups is 2. The average molecular weight is 268 g/mol. The second-order valence-electron chi connectivity index (χ2n) is 5.72. The Morgan fingerprint density at radius 1 is 0.900 bits per heavy atom. The third-order valence-corrected chi connectivity index (χ3v) is 4.72. The van der Waals surface area contributed by atoms with Crippen LogP contribution in [0.4, 0.5) is 0 Å². The van der Waals surface area contributed by atoms with Crippen LogP contribution in [0.5, 0.6) is 0 Å². The third-order valence-electron chi connectivity index (χ3n) is 4.72. The van der Waals surface area contributed by atoms with Gasteiger partial charge in [-0.3, -0.25) is 0 Å². The van der Waals surface area contributed by atoms with Crippen molar-refractivity contribution in [3.05, 3.63) is 71.8 Å². The Hall–Kier alpha value is -1.64. The molecule has 2 heteroatoms. The van der Waals surface area contributed by atoms with E-state index in [-0.39, 0.29) is 30.5 Å². The maximum atomic E-state index is 10.1. The minimum atomic E-state index is -0.254. The third kappa shape index (κ3) is 1.96. The van der Waals surface area contributed by atoms with Crippen LogP contribution in [0.25, 0.3) is 0 Å². The smallest absolute Gasteiger partial charge is 0.0534 e. The Labute approximate surface area is 119 Å². The van der Waals surface area contributed by atoms with E-state index in [0.29, 0.717) is 0 Å². The largest absolute Gasteiger partial charge is 0.396 e. The molecule has 0 unspecified atom stereocenters. The van der Waals surface area contributed by atoms with Gasteiger partial charge in [0, 0.05) is 17.9 Å². The minimum Gasteiger partial charge on any atom is -0.396 e. The van der Waals surface area contributed by atoms with E-state index in [1.165, 1.54) is 11.1 Å². The molecule has 2 N–H and O–H groups in total. The summed E-state index contributed by atoms with van der Waals surface area (Å²) in [6, 6.07) is 20.4. The molecule has 2 aromatic rings. The maximum Gasteiger partial charge on any atom is 0.0534 e. The maximum absolute atomic E-state index is 10.1. The summed E-state index contributed by atoms with van der Waals surface area (Å²) in [5.41, 5.74) is 2.12. The van der Waals surface area contributed by atoms with E-state index in [1.54, 1.807) is 0 Å². The summed E-state index contributed by atoms with van der Waals surface area (Å²) in [7, 11) is 0. The van der Waals surface area contributed by atoms with Crippen molar-refractivity contribution < 1.29 is 10.2 Å². The molecule has 2 aromatic carbocycles. The van der Waals surface area contributed by atoms with Gasteiger partial charge in [0.25, 0.3) is 0 Å². The van der Waals surface area contributed by atoms with Gasteiger partial charge in [-0.1, -0.05) is 60.7 Å². The second kappa shape index (κ2) is 5.39. The molecule has 1 aliphatic carbocycles. The van der Waals surface area contributed by atoms with E-state index in [1.807, 2.05) is 36.4 Å². The molecule has 3 atom stereocenters. The number of hydrogen-bond acceptors (Lipinski definition) is 2. The summed E-state index contributed by atoms with van der Waals surface area (Å²) in [4.78, 5) is 0. The van der Waals surface area contributed by atoms with E-state index in [2.05, 4.69) is 24.3 Å². The lowest BCUT2D eigenvalue weighted by molar-refractivity contribution is 0.00224. The van der Waals surface area contributed by atoms with Gasteiger partial charge in [0.2, 0.25) is 0 Å². The van der Waals surface area contributed by atoms with Crippen molar-refractivity contribution in [2.24, 2.45) is 5.92 Å². The molecule has 1 aliphatic rings. The van der Waals surface area contributed by atoms with Crippen LogP contribution in [0, 0.1) is 5.92 Å². The summed E-state index contributed by atoms with van der Waals surface area (Å²) >= 11 is 0. The van der Waals surface area contributed by atoms with Crippen molar-refractivity contribution in [1.29, 1.82) is 0 Å². The van der Waals surface area contributed by atoms with Crippen LogP contribution in [0.1, 0.15) is 23.5 Å². The number of benzene rings is 2. The number of rotatable bonds is 4. The standard InChI is InChI=1S/C18H20O2/c19-12-15-11-18(13-20,16-9-5-2-6-10-16)17(15)14-7-3-1-4-8-14/h1-10,15,17,19-20H,11-13H2/t15-,17-,18+/m1/s1. The Morgan fingerprint density at radius 2 is 1.50 bits per heavy atom. The average Bonchev–Trinajstić information content (AvgIpc) is 2.50. The number of hydrogen-bond donors (Lipinski definition) is 2. The molecule has 0 amide bonds. The van der Waals surface area contributed by atoms with Gasteiger partial charge in [-0.2, -0.15) is 0 Å². The van der Waals surface area contributed by atoms with Crippen LogP contribution in [0.15, 0.2) is 60.7 Å². The minimum absolute atomic E-state index is 0.118. The summed E-state index contributed by atoms with van der Waals surface area (Å²) in [5, 5.41) is 19.7. The molecule has 0 heterocycles. The van der Waals surface area contributed by atoms with Crippen LogP contribution >= 0.6 is 0 Å². The molecule has 2 nitrogen and oxygen atoms in total. The molecule has 0 saturated heterocycles. The summed E-state index contributed by atoms with van der Waals surface area (Å²) in [6.07, 6.45) is 0.837. The van der Waals surface area contributed by atoms with Crippen LogP contribution in [0.2, 0.25) is 0 Å². The Morgan fingerprint density at radius 3 is 2.05 bits per heavy atom. The molecule has 0 spiro atoms. The summed E-state index contributed by atoms with van der Waals surface area (Å²) in [5.74, 6) is 0.408. The van der Waals surface area contributed by atoms with Crippen molar-refractivity contribution in [2.45, 2.75) is 17.8 Å². The Kier molecular flexibility index (Phi) is 3.60. The zero-order chi connectivity index (χ0) is 14.0. The normalized spacial score (nSPS) is 28.9. The van der Waals surface area contributed by atoms with Crippen molar-refractivity contribution >= 4 is 0 Å². The van der Waals surface area contributed by atoms with E-state index < -0.39 is 0 Å². The lowest BCUT2D eigenvalue weighted by atomic mass is 9.49. The van der Waals surface area contributed by atoms with Crippen LogP contribution < -0.4 is 0 Å². The van der Waals surface area contributed by atoms with Gasteiger partial charge >= 0.3 is 0 Å². The predicted octanol–water partition coefficient (Wildman–Crippen LogP) is 2.71. The van der Waals surface area contributed by atoms with Gasteiger partial charge in [-0.05, 0) is 23.5 Å². The van der Waals surface area contributed by atoms with Gasteiger partial charge in [-0.15, -0.1) is 0 Å². The van der Waals surface area contributed by atoms with Crippen molar-refractivity contribution in [3.8, 4) is 0 Å². The first kappa shape index (κ1) is 13.3. The fourth-order valence-electron chi connectivity index (χ4n) is 3.75. The molecule has 20 heavy (non-hydrogen) atoms. The molecule has 0 bridgehead atoms. The van der Waals surface area contributed by atoms with E-state index in [9.17, 15) is 10.2 Å². The molecule has 0 radical (unpaired) electrons. The molecular weight excluding hydrogens is 248 g/mol. The highest BCUT2D eigenvalue weighted by molar-refractivity contribution is 5.39. The monoisotopic (exact) mass is 268 g/mol. The fourth-order valence-corrected chi connectivity index (χ4v) is 3.75. The lowest BCUT2D eigenvalue weighted by Gasteiger charge is -2.55. The zero-order valence-corrected chi connectivity index (χ0v) is 11.4. The van der Waals surface area contributed by atoms with Gasteiger partial charge in [0.15, 0.2) is 0 Å². The summed E-state index contributed by atoms with van der Waals surface area (Å²) < 4.78 is 0. The van der Waals surface area contributed by atoms with Gasteiger partial charge < -0.3 is 10.2 Å². The number of aliphatic hydroxyl groups excluding tert-OH is 2. The molecule has 1 fully saturated rings. The second-order valence-corrected chi connectivity index (χ2v) is 5.72.